The Bertz CT molecular complexity index is 911. The Morgan fingerprint density at radius 3 is 2.38 bits per heavy atom. The summed E-state index contributed by atoms with van der Waals surface area (Å²) in [6, 6.07) is 12.2. The summed E-state index contributed by atoms with van der Waals surface area (Å²) in [6.07, 6.45) is 0. The van der Waals surface area contributed by atoms with Crippen LogP contribution in [0.1, 0.15) is 25.5 Å². The van der Waals surface area contributed by atoms with Gasteiger partial charge in [0.25, 0.3) is 0 Å². The lowest BCUT2D eigenvalue weighted by Gasteiger charge is -2.15. The highest BCUT2D eigenvalue weighted by molar-refractivity contribution is 7.92. The fourth-order valence-corrected chi connectivity index (χ4v) is 3.63. The Kier molecular flexibility index (Phi) is 6.39. The van der Waals surface area contributed by atoms with Crippen molar-refractivity contribution in [2.75, 3.05) is 11.1 Å². The number of carbonyl (C=O) groups is 2. The molecule has 2 N–H and O–H groups in total. The number of carbonyl (C=O) groups excluding carboxylic acids is 2. The molecule has 0 saturated carbocycles. The molecule has 1 atom stereocenters. The number of anilines is 1. The van der Waals surface area contributed by atoms with Crippen molar-refractivity contribution in [2.45, 2.75) is 24.8 Å². The molecule has 0 aliphatic rings. The number of hydrogen-bond acceptors (Lipinski definition) is 4. The second kappa shape index (κ2) is 8.33. The third kappa shape index (κ3) is 5.57. The van der Waals surface area contributed by atoms with Crippen LogP contribution in [0.15, 0.2) is 53.4 Å². The summed E-state index contributed by atoms with van der Waals surface area (Å²) >= 11 is 5.75. The number of halogens is 1. The smallest absolute Gasteiger partial charge is 0.236 e. The summed E-state index contributed by atoms with van der Waals surface area (Å²) in [5, 5.41) is 5.73. The zero-order valence-corrected chi connectivity index (χ0v) is 15.9. The molecule has 0 saturated heterocycles. The molecule has 8 heteroatoms. The fourth-order valence-electron chi connectivity index (χ4n) is 2.35. The largest absolute Gasteiger partial charge is 0.349 e. The zero-order chi connectivity index (χ0) is 19.3. The number of amides is 2. The summed E-state index contributed by atoms with van der Waals surface area (Å²) in [6.45, 7) is 3.14. The maximum atomic E-state index is 12.3. The average molecular weight is 395 g/mol. The van der Waals surface area contributed by atoms with Gasteiger partial charge in [0.1, 0.15) is 5.75 Å². The lowest BCUT2D eigenvalue weighted by Crippen LogP contribution is -2.32. The maximum Gasteiger partial charge on any atom is 0.236 e. The molecule has 1 unspecified atom stereocenters. The second-order valence-electron chi connectivity index (χ2n) is 5.81. The monoisotopic (exact) mass is 394 g/mol. The predicted octanol–water partition coefficient (Wildman–Crippen LogP) is 2.95. The van der Waals surface area contributed by atoms with Crippen LogP contribution >= 0.6 is 11.6 Å². The van der Waals surface area contributed by atoms with Crippen LogP contribution < -0.4 is 10.6 Å². The highest BCUT2D eigenvalue weighted by Crippen LogP contribution is 2.18. The molecule has 2 aromatic rings. The van der Waals surface area contributed by atoms with E-state index in [0.29, 0.717) is 10.7 Å². The van der Waals surface area contributed by atoms with Crippen molar-refractivity contribution in [1.29, 1.82) is 0 Å². The van der Waals surface area contributed by atoms with E-state index in [-0.39, 0.29) is 10.8 Å². The molecule has 0 radical (unpaired) electrons. The van der Waals surface area contributed by atoms with E-state index in [0.717, 1.165) is 5.56 Å². The quantitative estimate of drug-likeness (QED) is 0.787. The first-order chi connectivity index (χ1) is 12.2. The number of rotatable bonds is 6. The molecule has 138 valence electrons. The number of sulfone groups is 1. The molecule has 0 bridgehead atoms. The molecule has 2 amide bonds. The fraction of sp³-hybridized carbons (Fsp3) is 0.222. The summed E-state index contributed by atoms with van der Waals surface area (Å²) in [7, 11) is -3.76. The topological polar surface area (TPSA) is 92.3 Å². The van der Waals surface area contributed by atoms with Crippen LogP contribution in [0, 0.1) is 0 Å². The molecule has 0 aromatic heterocycles. The van der Waals surface area contributed by atoms with Crippen molar-refractivity contribution in [1.82, 2.24) is 5.32 Å². The van der Waals surface area contributed by atoms with Gasteiger partial charge >= 0.3 is 0 Å². The van der Waals surface area contributed by atoms with Crippen LogP contribution in [-0.4, -0.2) is 26.0 Å². The summed E-state index contributed by atoms with van der Waals surface area (Å²) < 4.78 is 24.6. The third-order valence-corrected chi connectivity index (χ3v) is 5.46. The first kappa shape index (κ1) is 19.9. The minimum Gasteiger partial charge on any atom is -0.349 e. The van der Waals surface area contributed by atoms with E-state index < -0.39 is 27.5 Å². The standard InChI is InChI=1S/C18H19ClN2O4S/c1-12(14-4-3-5-16(10-14)21-13(2)22)20-18(23)11-26(24,25)17-8-6-15(19)7-9-17/h3-10,12H,11H2,1-2H3,(H,20,23)(H,21,22). The first-order valence-electron chi connectivity index (χ1n) is 7.82. The zero-order valence-electron chi connectivity index (χ0n) is 14.3. The molecule has 0 heterocycles. The van der Waals surface area contributed by atoms with Gasteiger partial charge in [-0.2, -0.15) is 0 Å². The van der Waals surface area contributed by atoms with Crippen LogP contribution in [0.25, 0.3) is 0 Å². The van der Waals surface area contributed by atoms with Crippen molar-refractivity contribution in [2.24, 2.45) is 0 Å². The first-order valence-corrected chi connectivity index (χ1v) is 9.85. The number of benzene rings is 2. The van der Waals surface area contributed by atoms with Crippen molar-refractivity contribution in [3.05, 3.63) is 59.1 Å². The molecule has 0 aliphatic carbocycles. The van der Waals surface area contributed by atoms with Gasteiger partial charge in [-0.3, -0.25) is 9.59 Å². The molecule has 6 nitrogen and oxygen atoms in total. The summed E-state index contributed by atoms with van der Waals surface area (Å²) in [4.78, 5) is 23.3. The number of hydrogen-bond donors (Lipinski definition) is 2. The van der Waals surface area contributed by atoms with Gasteiger partial charge < -0.3 is 10.6 Å². The van der Waals surface area contributed by atoms with Gasteiger partial charge in [0, 0.05) is 17.6 Å². The van der Waals surface area contributed by atoms with E-state index in [1.807, 2.05) is 0 Å². The third-order valence-electron chi connectivity index (χ3n) is 3.58. The Labute approximate surface area is 157 Å². The van der Waals surface area contributed by atoms with E-state index in [1.165, 1.54) is 31.2 Å². The van der Waals surface area contributed by atoms with E-state index in [1.54, 1.807) is 31.2 Å². The van der Waals surface area contributed by atoms with Crippen LogP contribution in [0.5, 0.6) is 0 Å². The molecule has 0 aliphatic heterocycles. The minimum atomic E-state index is -3.76. The van der Waals surface area contributed by atoms with Gasteiger partial charge in [-0.25, -0.2) is 8.42 Å². The van der Waals surface area contributed by atoms with Gasteiger partial charge in [-0.1, -0.05) is 23.7 Å². The Balaban J connectivity index is 2.05. The van der Waals surface area contributed by atoms with Crippen LogP contribution in [0.3, 0.4) is 0 Å². The van der Waals surface area contributed by atoms with Gasteiger partial charge in [0.05, 0.1) is 10.9 Å². The van der Waals surface area contributed by atoms with Crippen molar-refractivity contribution < 1.29 is 18.0 Å². The van der Waals surface area contributed by atoms with Gasteiger partial charge in [0.15, 0.2) is 9.84 Å². The van der Waals surface area contributed by atoms with E-state index in [4.69, 9.17) is 11.6 Å². The van der Waals surface area contributed by atoms with Crippen molar-refractivity contribution in [3.8, 4) is 0 Å². The summed E-state index contributed by atoms with van der Waals surface area (Å²) in [5.74, 6) is -1.48. The normalized spacial score (nSPS) is 12.3. The van der Waals surface area contributed by atoms with Crippen molar-refractivity contribution >= 4 is 38.9 Å². The predicted molar refractivity (Wildman–Crippen MR) is 101 cm³/mol. The summed E-state index contributed by atoms with van der Waals surface area (Å²) in [5.41, 5.74) is 1.35. The van der Waals surface area contributed by atoms with Gasteiger partial charge in [-0.05, 0) is 48.9 Å². The minimum absolute atomic E-state index is 0.0392. The molecule has 2 rings (SSSR count). The highest BCUT2D eigenvalue weighted by Gasteiger charge is 2.21. The molecule has 0 fully saturated rings. The Hall–Kier alpha value is -2.38. The molecular weight excluding hydrogens is 376 g/mol. The van der Waals surface area contributed by atoms with Crippen LogP contribution in [0.2, 0.25) is 5.02 Å². The van der Waals surface area contributed by atoms with Crippen LogP contribution in [0.4, 0.5) is 5.69 Å². The van der Waals surface area contributed by atoms with E-state index in [2.05, 4.69) is 10.6 Å². The van der Waals surface area contributed by atoms with Gasteiger partial charge in [-0.15, -0.1) is 0 Å². The Morgan fingerprint density at radius 2 is 1.77 bits per heavy atom. The molecule has 0 spiro atoms. The second-order valence-corrected chi connectivity index (χ2v) is 8.23. The van der Waals surface area contributed by atoms with Crippen LogP contribution in [-0.2, 0) is 19.4 Å². The highest BCUT2D eigenvalue weighted by atomic mass is 35.5. The molecule has 2 aromatic carbocycles. The SMILES string of the molecule is CC(=O)Nc1cccc(C(C)NC(=O)CS(=O)(=O)c2ccc(Cl)cc2)c1. The Morgan fingerprint density at radius 1 is 1.12 bits per heavy atom. The molecular formula is C18H19ClN2O4S. The number of nitrogens with one attached hydrogen (secondary N) is 2. The molecule has 26 heavy (non-hydrogen) atoms. The van der Waals surface area contributed by atoms with Gasteiger partial charge in [0.2, 0.25) is 11.8 Å². The average Bonchev–Trinajstić information content (AvgIpc) is 2.54. The van der Waals surface area contributed by atoms with E-state index >= 15 is 0 Å². The maximum absolute atomic E-state index is 12.3. The van der Waals surface area contributed by atoms with E-state index in [9.17, 15) is 18.0 Å². The lowest BCUT2D eigenvalue weighted by molar-refractivity contribution is -0.119. The van der Waals surface area contributed by atoms with Crippen molar-refractivity contribution in [3.63, 3.8) is 0 Å². The lowest BCUT2D eigenvalue weighted by atomic mass is 10.1.